The molecule has 8 rings (SSSR count). The van der Waals surface area contributed by atoms with E-state index in [-0.39, 0.29) is 23.6 Å². The van der Waals surface area contributed by atoms with Gasteiger partial charge >= 0.3 is 0 Å². The molecule has 11 nitrogen and oxygen atoms in total. The molecule has 0 atom stereocenters. The number of benzene rings is 4. The fraction of sp³-hybridized carbons (Fsp3) is 0.317. The summed E-state index contributed by atoms with van der Waals surface area (Å²) in [5, 5.41) is 7.21. The number of imide groups is 2. The highest BCUT2D eigenvalue weighted by Crippen LogP contribution is 2.40. The number of amides is 4. The molecule has 2 aliphatic heterocycles. The van der Waals surface area contributed by atoms with Gasteiger partial charge in [-0.25, -0.2) is 0 Å². The Balaban J connectivity index is 0.862. The molecule has 4 heterocycles. The Morgan fingerprint density at radius 1 is 0.558 bits per heavy atom. The van der Waals surface area contributed by atoms with Gasteiger partial charge < -0.3 is 23.9 Å². The van der Waals surface area contributed by atoms with Crippen molar-refractivity contribution in [3.8, 4) is 11.5 Å². The third-order valence-corrected chi connectivity index (χ3v) is 11.1. The van der Waals surface area contributed by atoms with Crippen molar-refractivity contribution in [3.05, 3.63) is 81.9 Å². The number of methoxy groups -OCH3 is 2. The van der Waals surface area contributed by atoms with Crippen LogP contribution in [-0.4, -0.2) is 83.0 Å². The van der Waals surface area contributed by atoms with E-state index in [4.69, 9.17) is 9.47 Å². The number of carbonyl (C=O) groups is 4. The average molecular weight is 700 g/mol. The maximum Gasteiger partial charge on any atom is 0.261 e. The molecule has 4 aromatic carbocycles. The Labute approximate surface area is 300 Å². The number of unbranched alkanes of at least 4 members (excludes halogenated alkanes) is 1. The van der Waals surface area contributed by atoms with Crippen molar-refractivity contribution in [2.45, 2.75) is 33.1 Å². The summed E-state index contributed by atoms with van der Waals surface area (Å²) in [6.07, 6.45) is 2.02. The Morgan fingerprint density at radius 3 is 1.46 bits per heavy atom. The number of ether oxygens (including phenoxy) is 2. The number of rotatable bonds is 11. The molecule has 0 fully saturated rings. The van der Waals surface area contributed by atoms with E-state index in [2.05, 4.69) is 14.5 Å². The quantitative estimate of drug-likeness (QED) is 0.125. The lowest BCUT2D eigenvalue weighted by Crippen LogP contribution is -2.33. The normalized spacial score (nSPS) is 14.3. The summed E-state index contributed by atoms with van der Waals surface area (Å²) < 4.78 is 15.0. The van der Waals surface area contributed by atoms with Crippen molar-refractivity contribution in [3.63, 3.8) is 0 Å². The van der Waals surface area contributed by atoms with Crippen LogP contribution in [0.4, 0.5) is 0 Å². The molecule has 266 valence electrons. The van der Waals surface area contributed by atoms with Crippen LogP contribution < -0.4 is 14.8 Å². The van der Waals surface area contributed by atoms with E-state index in [9.17, 15) is 19.2 Å². The highest BCUT2D eigenvalue weighted by molar-refractivity contribution is 6.27. The van der Waals surface area contributed by atoms with Crippen molar-refractivity contribution in [2.24, 2.45) is 14.1 Å². The maximum absolute atomic E-state index is 13.5. The Hall–Kier alpha value is -5.68. The van der Waals surface area contributed by atoms with Gasteiger partial charge in [0.2, 0.25) is 0 Å². The van der Waals surface area contributed by atoms with Gasteiger partial charge in [-0.15, -0.1) is 0 Å². The first-order chi connectivity index (χ1) is 25.1. The van der Waals surface area contributed by atoms with E-state index < -0.39 is 0 Å². The molecule has 11 heteroatoms. The van der Waals surface area contributed by atoms with E-state index in [1.54, 1.807) is 14.2 Å². The molecule has 2 aliphatic rings. The fourth-order valence-corrected chi connectivity index (χ4v) is 8.48. The largest absolute Gasteiger partial charge is 0.497 e. The molecule has 0 saturated heterocycles. The zero-order valence-corrected chi connectivity index (χ0v) is 30.3. The number of fused-ring (bicyclic) bond motifs is 8. The van der Waals surface area contributed by atoms with Crippen LogP contribution in [0.25, 0.3) is 43.6 Å². The minimum atomic E-state index is -0.262. The second kappa shape index (κ2) is 12.5. The molecule has 1 N–H and O–H groups in total. The summed E-state index contributed by atoms with van der Waals surface area (Å²) >= 11 is 0. The molecule has 0 bridgehead atoms. The predicted octanol–water partition coefficient (Wildman–Crippen LogP) is 6.26. The number of hydrogen-bond donors (Lipinski definition) is 1. The highest BCUT2D eigenvalue weighted by Gasteiger charge is 2.39. The van der Waals surface area contributed by atoms with E-state index in [1.165, 1.54) is 9.80 Å². The topological polar surface area (TPSA) is 115 Å². The first-order valence-electron chi connectivity index (χ1n) is 17.7. The van der Waals surface area contributed by atoms with Crippen molar-refractivity contribution in [2.75, 3.05) is 40.4 Å². The molecule has 0 saturated carbocycles. The van der Waals surface area contributed by atoms with Crippen molar-refractivity contribution in [1.29, 1.82) is 0 Å². The van der Waals surface area contributed by atoms with Crippen LogP contribution in [0.2, 0.25) is 0 Å². The standard InChI is InChI=1S/C41H41N5O6/c1-22-34-30(20-28-26-18-24(51-5)10-12-32(26)43(3)36(22)28)38(47)45(40(34)49)16-8-7-14-42-15-9-17-46-39(48)31-21-29-27-19-25(52-6)11-13-33(27)44(4)37(29)23(2)35(31)41(46)50/h10-13,18-21,42H,7-9,14-17H2,1-6H3. The van der Waals surface area contributed by atoms with Gasteiger partial charge in [0.25, 0.3) is 23.6 Å². The Bertz CT molecular complexity index is 2370. The second-order valence-corrected chi connectivity index (χ2v) is 13.9. The fourth-order valence-electron chi connectivity index (χ4n) is 8.48. The molecule has 0 aliphatic carbocycles. The zero-order chi connectivity index (χ0) is 36.6. The summed E-state index contributed by atoms with van der Waals surface area (Å²) in [5.74, 6) is 0.459. The minimum Gasteiger partial charge on any atom is -0.497 e. The summed E-state index contributed by atoms with van der Waals surface area (Å²) in [7, 11) is 7.21. The molecule has 0 unspecified atom stereocenters. The van der Waals surface area contributed by atoms with Crippen LogP contribution in [0, 0.1) is 13.8 Å². The molecule has 0 spiro atoms. The molecule has 0 radical (unpaired) electrons. The van der Waals surface area contributed by atoms with Crippen molar-refractivity contribution >= 4 is 67.2 Å². The number of carbonyl (C=O) groups excluding carboxylic acids is 4. The first-order valence-corrected chi connectivity index (χ1v) is 17.7. The lowest BCUT2D eigenvalue weighted by Gasteiger charge is -2.15. The van der Waals surface area contributed by atoms with Crippen LogP contribution in [-0.2, 0) is 14.1 Å². The van der Waals surface area contributed by atoms with Gasteiger partial charge in [-0.05, 0) is 106 Å². The lowest BCUT2D eigenvalue weighted by molar-refractivity contribution is 0.0635. The van der Waals surface area contributed by atoms with E-state index in [1.807, 2.05) is 76.5 Å². The predicted molar refractivity (Wildman–Crippen MR) is 201 cm³/mol. The average Bonchev–Trinajstić information content (AvgIpc) is 3.77. The molecule has 4 amide bonds. The van der Waals surface area contributed by atoms with Gasteiger partial charge in [0.05, 0.1) is 47.5 Å². The zero-order valence-electron chi connectivity index (χ0n) is 30.3. The number of aryl methyl sites for hydroxylation is 4. The van der Waals surface area contributed by atoms with Gasteiger partial charge in [0.1, 0.15) is 11.5 Å². The maximum atomic E-state index is 13.5. The summed E-state index contributed by atoms with van der Waals surface area (Å²) in [6, 6.07) is 15.5. The van der Waals surface area contributed by atoms with Crippen molar-refractivity contribution < 1.29 is 28.7 Å². The van der Waals surface area contributed by atoms with Crippen molar-refractivity contribution in [1.82, 2.24) is 24.3 Å². The van der Waals surface area contributed by atoms with Crippen LogP contribution >= 0.6 is 0 Å². The lowest BCUT2D eigenvalue weighted by atomic mass is 9.99. The SMILES string of the molecule is COc1ccc2c(c1)c1cc3c(c(C)c1n2C)C(=O)N(CCCCNCCCN1C(=O)c2cc4c5cc(OC)ccc5n(C)c4c(C)c2C1=O)C3=O. The van der Waals surface area contributed by atoms with Gasteiger partial charge in [0, 0.05) is 59.8 Å². The van der Waals surface area contributed by atoms with Crippen LogP contribution in [0.1, 0.15) is 71.8 Å². The van der Waals surface area contributed by atoms with E-state index in [0.29, 0.717) is 61.3 Å². The first kappa shape index (κ1) is 33.5. The highest BCUT2D eigenvalue weighted by atomic mass is 16.5. The van der Waals surface area contributed by atoms with E-state index >= 15 is 0 Å². The Morgan fingerprint density at radius 2 is 1.00 bits per heavy atom. The number of nitrogens with zero attached hydrogens (tertiary/aromatic N) is 4. The third-order valence-electron chi connectivity index (χ3n) is 11.1. The summed E-state index contributed by atoms with van der Waals surface area (Å²) in [6.45, 7) is 5.79. The minimum absolute atomic E-state index is 0.243. The van der Waals surface area contributed by atoms with Gasteiger partial charge in [-0.3, -0.25) is 29.0 Å². The third kappa shape index (κ3) is 4.82. The molecular weight excluding hydrogens is 658 g/mol. The van der Waals surface area contributed by atoms with Gasteiger partial charge in [-0.2, -0.15) is 0 Å². The molecule has 2 aromatic heterocycles. The number of hydrogen-bond acceptors (Lipinski definition) is 7. The van der Waals surface area contributed by atoms with Crippen LogP contribution in [0.3, 0.4) is 0 Å². The Kier molecular flexibility index (Phi) is 8.06. The van der Waals surface area contributed by atoms with Gasteiger partial charge in [-0.1, -0.05) is 0 Å². The summed E-state index contributed by atoms with van der Waals surface area (Å²) in [4.78, 5) is 56.8. The number of aromatic nitrogens is 2. The molecule has 52 heavy (non-hydrogen) atoms. The smallest absolute Gasteiger partial charge is 0.261 e. The van der Waals surface area contributed by atoms with Gasteiger partial charge in [0.15, 0.2) is 0 Å². The molecular formula is C41H41N5O6. The van der Waals surface area contributed by atoms with Crippen LogP contribution in [0.5, 0.6) is 11.5 Å². The molecule has 6 aromatic rings. The monoisotopic (exact) mass is 699 g/mol. The number of nitrogens with one attached hydrogen (secondary N) is 1. The second-order valence-electron chi connectivity index (χ2n) is 13.9. The van der Waals surface area contributed by atoms with E-state index in [0.717, 1.165) is 72.7 Å². The summed E-state index contributed by atoms with van der Waals surface area (Å²) in [5.41, 5.74) is 7.37. The van der Waals surface area contributed by atoms with Crippen LogP contribution in [0.15, 0.2) is 48.5 Å².